The predicted octanol–water partition coefficient (Wildman–Crippen LogP) is 4.78. The van der Waals surface area contributed by atoms with Gasteiger partial charge in [0.15, 0.2) is 0 Å². The fraction of sp³-hybridized carbons (Fsp3) is 0.136. The lowest BCUT2D eigenvalue weighted by molar-refractivity contribution is -0.136. The second kappa shape index (κ2) is 8.27. The summed E-state index contributed by atoms with van der Waals surface area (Å²) in [5, 5.41) is 9.66. The first-order chi connectivity index (χ1) is 13.7. The highest BCUT2D eigenvalue weighted by Crippen LogP contribution is 2.31. The zero-order valence-electron chi connectivity index (χ0n) is 15.8. The molecule has 0 heterocycles. The van der Waals surface area contributed by atoms with Gasteiger partial charge < -0.3 is 9.84 Å². The highest BCUT2D eigenvalue weighted by molar-refractivity contribution is 7.91. The largest absolute Gasteiger partial charge is 0.497 e. The molecule has 0 saturated heterocycles. The van der Waals surface area contributed by atoms with E-state index in [0.29, 0.717) is 10.6 Å². The SMILES string of the molecule is COc1cc(CC(=O)O)cc(S(=O)(=O)c2cccc(-c3ccc(Cl)cc3C)c2)c1. The molecule has 0 spiro atoms. The van der Waals surface area contributed by atoms with Gasteiger partial charge in [0.25, 0.3) is 0 Å². The molecule has 0 atom stereocenters. The highest BCUT2D eigenvalue weighted by atomic mass is 35.5. The third-order valence-electron chi connectivity index (χ3n) is 4.48. The van der Waals surface area contributed by atoms with Gasteiger partial charge in [0.2, 0.25) is 9.84 Å². The number of carboxylic acid groups (broad SMARTS) is 1. The summed E-state index contributed by atoms with van der Waals surface area (Å²) in [5.74, 6) is -0.770. The lowest BCUT2D eigenvalue weighted by Crippen LogP contribution is -2.06. The quantitative estimate of drug-likeness (QED) is 0.608. The minimum Gasteiger partial charge on any atom is -0.497 e. The molecule has 150 valence electrons. The van der Waals surface area contributed by atoms with Gasteiger partial charge in [0.1, 0.15) is 5.75 Å². The van der Waals surface area contributed by atoms with Crippen LogP contribution in [0.3, 0.4) is 0 Å². The Balaban J connectivity index is 2.10. The van der Waals surface area contributed by atoms with Gasteiger partial charge in [-0.15, -0.1) is 0 Å². The van der Waals surface area contributed by atoms with Crippen LogP contribution in [0.5, 0.6) is 5.75 Å². The van der Waals surface area contributed by atoms with Gasteiger partial charge in [-0.2, -0.15) is 0 Å². The van der Waals surface area contributed by atoms with Gasteiger partial charge in [-0.3, -0.25) is 4.79 Å². The Bertz CT molecular complexity index is 1190. The minimum absolute atomic E-state index is 0.0157. The van der Waals surface area contributed by atoms with Crippen molar-refractivity contribution < 1.29 is 23.1 Å². The normalized spacial score (nSPS) is 11.3. The molecule has 7 heteroatoms. The Morgan fingerprint density at radius 1 is 1.03 bits per heavy atom. The van der Waals surface area contributed by atoms with Crippen molar-refractivity contribution in [2.45, 2.75) is 23.1 Å². The molecule has 0 radical (unpaired) electrons. The number of aryl methyl sites for hydroxylation is 1. The molecule has 1 N–H and O–H groups in total. The van der Waals surface area contributed by atoms with Crippen LogP contribution >= 0.6 is 11.6 Å². The third-order valence-corrected chi connectivity index (χ3v) is 6.45. The number of methoxy groups -OCH3 is 1. The molecular weight excluding hydrogens is 412 g/mol. The molecule has 3 aromatic rings. The van der Waals surface area contributed by atoms with E-state index < -0.39 is 15.8 Å². The van der Waals surface area contributed by atoms with Crippen LogP contribution < -0.4 is 4.74 Å². The van der Waals surface area contributed by atoms with E-state index in [1.54, 1.807) is 18.2 Å². The molecule has 0 saturated carbocycles. The van der Waals surface area contributed by atoms with E-state index in [1.807, 2.05) is 25.1 Å². The van der Waals surface area contributed by atoms with Crippen molar-refractivity contribution in [3.63, 3.8) is 0 Å². The van der Waals surface area contributed by atoms with Crippen LogP contribution in [0, 0.1) is 6.92 Å². The number of benzene rings is 3. The summed E-state index contributed by atoms with van der Waals surface area (Å²) in [6.45, 7) is 1.91. The van der Waals surface area contributed by atoms with Crippen molar-refractivity contribution in [3.05, 3.63) is 76.8 Å². The topological polar surface area (TPSA) is 80.7 Å². The standard InChI is InChI=1S/C22H19ClO5S/c1-14-8-17(23)6-7-21(14)16-4-3-5-19(12-16)29(26,27)20-10-15(11-22(24)25)9-18(13-20)28-2/h3-10,12-13H,11H2,1-2H3,(H,24,25). The van der Waals surface area contributed by atoms with E-state index in [1.165, 1.54) is 31.4 Å². The second-order valence-electron chi connectivity index (χ2n) is 6.58. The van der Waals surface area contributed by atoms with Crippen molar-refractivity contribution in [3.8, 4) is 16.9 Å². The summed E-state index contributed by atoms with van der Waals surface area (Å²) in [7, 11) is -2.48. The van der Waals surface area contributed by atoms with Crippen LogP contribution in [0.2, 0.25) is 5.02 Å². The number of rotatable bonds is 6. The Kier molecular flexibility index (Phi) is 5.96. The maximum atomic E-state index is 13.2. The molecular formula is C22H19ClO5S. The van der Waals surface area contributed by atoms with Crippen molar-refractivity contribution >= 4 is 27.4 Å². The first-order valence-corrected chi connectivity index (χ1v) is 10.6. The van der Waals surface area contributed by atoms with Crippen molar-refractivity contribution in [2.75, 3.05) is 7.11 Å². The first-order valence-electron chi connectivity index (χ1n) is 8.72. The molecule has 3 aromatic carbocycles. The molecule has 0 fully saturated rings. The lowest BCUT2D eigenvalue weighted by Gasteiger charge is -2.12. The molecule has 0 bridgehead atoms. The van der Waals surface area contributed by atoms with Crippen LogP contribution in [0.4, 0.5) is 0 Å². The fourth-order valence-corrected chi connectivity index (χ4v) is 4.71. The molecule has 0 aliphatic carbocycles. The van der Waals surface area contributed by atoms with Gasteiger partial charge in [0, 0.05) is 5.02 Å². The Labute approximate surface area is 174 Å². The monoisotopic (exact) mass is 430 g/mol. The molecule has 3 rings (SSSR count). The van der Waals surface area contributed by atoms with Gasteiger partial charge in [-0.25, -0.2) is 8.42 Å². The van der Waals surface area contributed by atoms with E-state index in [2.05, 4.69) is 0 Å². The average molecular weight is 431 g/mol. The van der Waals surface area contributed by atoms with E-state index in [-0.39, 0.29) is 22.0 Å². The predicted molar refractivity (Wildman–Crippen MR) is 111 cm³/mol. The van der Waals surface area contributed by atoms with Gasteiger partial charge in [-0.1, -0.05) is 29.8 Å². The first kappa shape index (κ1) is 20.9. The van der Waals surface area contributed by atoms with Crippen LogP contribution in [0.25, 0.3) is 11.1 Å². The van der Waals surface area contributed by atoms with Gasteiger partial charge in [0.05, 0.1) is 23.3 Å². The number of aliphatic carboxylic acids is 1. The summed E-state index contributed by atoms with van der Waals surface area (Å²) < 4.78 is 31.6. The summed E-state index contributed by atoms with van der Waals surface area (Å²) in [6.07, 6.45) is -0.302. The zero-order chi connectivity index (χ0) is 21.2. The van der Waals surface area contributed by atoms with Crippen LogP contribution in [0.15, 0.2) is 70.5 Å². The minimum atomic E-state index is -3.88. The molecule has 0 aliphatic heterocycles. The lowest BCUT2D eigenvalue weighted by atomic mass is 10.0. The molecule has 5 nitrogen and oxygen atoms in total. The third kappa shape index (κ3) is 4.60. The number of hydrogen-bond acceptors (Lipinski definition) is 4. The van der Waals surface area contributed by atoms with Crippen molar-refractivity contribution in [1.29, 1.82) is 0 Å². The molecule has 0 unspecified atom stereocenters. The number of carboxylic acids is 1. The molecule has 0 amide bonds. The van der Waals surface area contributed by atoms with E-state index in [0.717, 1.165) is 16.7 Å². The molecule has 0 aliphatic rings. The number of halogens is 1. The summed E-state index contributed by atoms with van der Waals surface area (Å²) in [6, 6.07) is 16.3. The Morgan fingerprint density at radius 3 is 2.45 bits per heavy atom. The summed E-state index contributed by atoms with van der Waals surface area (Å²) in [5.41, 5.74) is 2.90. The van der Waals surface area contributed by atoms with Crippen LogP contribution in [-0.4, -0.2) is 26.6 Å². The maximum Gasteiger partial charge on any atom is 0.307 e. The highest BCUT2D eigenvalue weighted by Gasteiger charge is 2.21. The average Bonchev–Trinajstić information content (AvgIpc) is 2.67. The number of sulfone groups is 1. The smallest absolute Gasteiger partial charge is 0.307 e. The zero-order valence-corrected chi connectivity index (χ0v) is 17.4. The molecule has 29 heavy (non-hydrogen) atoms. The van der Waals surface area contributed by atoms with Gasteiger partial charge >= 0.3 is 5.97 Å². The van der Waals surface area contributed by atoms with Gasteiger partial charge in [-0.05, 0) is 71.6 Å². The summed E-state index contributed by atoms with van der Waals surface area (Å²) >= 11 is 6.02. The van der Waals surface area contributed by atoms with E-state index in [4.69, 9.17) is 21.4 Å². The Morgan fingerprint density at radius 2 is 1.79 bits per heavy atom. The Hall–Kier alpha value is -2.83. The number of hydrogen-bond donors (Lipinski definition) is 1. The van der Waals surface area contributed by atoms with Crippen molar-refractivity contribution in [1.82, 2.24) is 0 Å². The van der Waals surface area contributed by atoms with E-state index in [9.17, 15) is 13.2 Å². The van der Waals surface area contributed by atoms with Crippen molar-refractivity contribution in [2.24, 2.45) is 0 Å². The number of carbonyl (C=O) groups is 1. The van der Waals surface area contributed by atoms with Crippen LogP contribution in [0.1, 0.15) is 11.1 Å². The fourth-order valence-electron chi connectivity index (χ4n) is 3.10. The summed E-state index contributed by atoms with van der Waals surface area (Å²) in [4.78, 5) is 11.2. The number of ether oxygens (including phenoxy) is 1. The second-order valence-corrected chi connectivity index (χ2v) is 8.96. The maximum absolute atomic E-state index is 13.2. The van der Waals surface area contributed by atoms with Crippen LogP contribution in [-0.2, 0) is 21.1 Å². The van der Waals surface area contributed by atoms with E-state index >= 15 is 0 Å². The molecule has 0 aromatic heterocycles.